The first-order chi connectivity index (χ1) is 8.27. The van der Waals surface area contributed by atoms with Gasteiger partial charge in [0.05, 0.1) is 0 Å². The van der Waals surface area contributed by atoms with Crippen molar-refractivity contribution in [2.45, 2.75) is 32.7 Å². The van der Waals surface area contributed by atoms with E-state index < -0.39 is 0 Å². The molecule has 0 N–H and O–H groups in total. The Hall–Kier alpha value is -1.57. The average Bonchev–Trinajstić information content (AvgIpc) is 2.38. The van der Waals surface area contributed by atoms with Crippen molar-refractivity contribution < 1.29 is 4.79 Å². The molecule has 0 aliphatic heterocycles. The van der Waals surface area contributed by atoms with Crippen LogP contribution in [0.4, 0.5) is 0 Å². The highest BCUT2D eigenvalue weighted by atomic mass is 16.2. The van der Waals surface area contributed by atoms with E-state index in [-0.39, 0.29) is 5.91 Å². The van der Waals surface area contributed by atoms with Gasteiger partial charge in [-0.1, -0.05) is 56.7 Å². The van der Waals surface area contributed by atoms with Gasteiger partial charge in [-0.3, -0.25) is 4.79 Å². The summed E-state index contributed by atoms with van der Waals surface area (Å²) in [4.78, 5) is 13.6. The monoisotopic (exact) mass is 231 g/mol. The minimum Gasteiger partial charge on any atom is -0.335 e. The third kappa shape index (κ3) is 4.85. The van der Waals surface area contributed by atoms with Crippen molar-refractivity contribution >= 4 is 5.91 Å². The fourth-order valence-corrected chi connectivity index (χ4v) is 1.75. The molecular formula is C15H21NO. The van der Waals surface area contributed by atoms with Gasteiger partial charge in [0.1, 0.15) is 0 Å². The van der Waals surface area contributed by atoms with Gasteiger partial charge in [0, 0.05) is 13.1 Å². The number of amides is 1. The van der Waals surface area contributed by atoms with E-state index >= 15 is 0 Å². The zero-order valence-corrected chi connectivity index (χ0v) is 10.6. The Balaban J connectivity index is 2.57. The van der Waals surface area contributed by atoms with Crippen LogP contribution in [0, 0.1) is 0 Å². The lowest BCUT2D eigenvalue weighted by molar-refractivity contribution is -0.126. The highest BCUT2D eigenvalue weighted by Crippen LogP contribution is 2.07. The summed E-state index contributed by atoms with van der Waals surface area (Å²) in [5.41, 5.74) is 1.17. The predicted octanol–water partition coefficient (Wildman–Crippen LogP) is 3.39. The van der Waals surface area contributed by atoms with Gasteiger partial charge in [0.15, 0.2) is 0 Å². The number of benzene rings is 1. The van der Waals surface area contributed by atoms with Crippen LogP contribution in [0.1, 0.15) is 31.7 Å². The van der Waals surface area contributed by atoms with Crippen molar-refractivity contribution in [2.24, 2.45) is 0 Å². The topological polar surface area (TPSA) is 20.3 Å². The lowest BCUT2D eigenvalue weighted by Crippen LogP contribution is -2.29. The molecule has 0 spiro atoms. The number of hydrogen-bond donors (Lipinski definition) is 0. The first-order valence-electron chi connectivity index (χ1n) is 6.23. The smallest absolute Gasteiger partial charge is 0.246 e. The summed E-state index contributed by atoms with van der Waals surface area (Å²) in [5.74, 6) is 0.0185. The Morgan fingerprint density at radius 2 is 2.00 bits per heavy atom. The molecule has 0 radical (unpaired) electrons. The van der Waals surface area contributed by atoms with Crippen LogP contribution >= 0.6 is 0 Å². The van der Waals surface area contributed by atoms with E-state index in [0.717, 1.165) is 19.4 Å². The van der Waals surface area contributed by atoms with Crippen LogP contribution in [0.3, 0.4) is 0 Å². The van der Waals surface area contributed by atoms with Gasteiger partial charge in [-0.25, -0.2) is 0 Å². The molecule has 17 heavy (non-hydrogen) atoms. The standard InChI is InChI=1S/C15H21NO/c1-3-5-9-12-16(15(17)4-2)13-14-10-7-6-8-11-14/h4,6-8,10-11H,2-3,5,9,12-13H2,1H3. The third-order valence-corrected chi connectivity index (χ3v) is 2.73. The maximum absolute atomic E-state index is 11.7. The van der Waals surface area contributed by atoms with E-state index in [1.807, 2.05) is 35.2 Å². The molecule has 0 aromatic heterocycles. The largest absolute Gasteiger partial charge is 0.335 e. The minimum absolute atomic E-state index is 0.0185. The summed E-state index contributed by atoms with van der Waals surface area (Å²) in [6.07, 6.45) is 4.79. The minimum atomic E-state index is 0.0185. The fourth-order valence-electron chi connectivity index (χ4n) is 1.75. The van der Waals surface area contributed by atoms with Crippen molar-refractivity contribution in [1.29, 1.82) is 0 Å². The van der Waals surface area contributed by atoms with E-state index in [1.54, 1.807) is 0 Å². The second-order valence-corrected chi connectivity index (χ2v) is 4.16. The molecule has 0 aliphatic rings. The van der Waals surface area contributed by atoms with E-state index in [1.165, 1.54) is 18.1 Å². The van der Waals surface area contributed by atoms with Crippen LogP contribution in [0.5, 0.6) is 0 Å². The molecule has 92 valence electrons. The van der Waals surface area contributed by atoms with Crippen molar-refractivity contribution in [1.82, 2.24) is 4.90 Å². The summed E-state index contributed by atoms with van der Waals surface area (Å²) in [6, 6.07) is 10.1. The van der Waals surface area contributed by atoms with Crippen molar-refractivity contribution in [3.8, 4) is 0 Å². The quantitative estimate of drug-likeness (QED) is 0.520. The number of carbonyl (C=O) groups excluding carboxylic acids is 1. The van der Waals surface area contributed by atoms with E-state index in [4.69, 9.17) is 0 Å². The Morgan fingerprint density at radius 3 is 2.59 bits per heavy atom. The summed E-state index contributed by atoms with van der Waals surface area (Å²) in [6.45, 7) is 7.21. The molecular weight excluding hydrogens is 210 g/mol. The molecule has 0 saturated carbocycles. The van der Waals surface area contributed by atoms with E-state index in [2.05, 4.69) is 13.5 Å². The lowest BCUT2D eigenvalue weighted by Gasteiger charge is -2.21. The molecule has 0 atom stereocenters. The molecule has 0 aliphatic carbocycles. The van der Waals surface area contributed by atoms with Gasteiger partial charge in [-0.05, 0) is 18.1 Å². The Bertz CT molecular complexity index is 345. The summed E-state index contributed by atoms with van der Waals surface area (Å²) in [7, 11) is 0. The number of unbranched alkanes of at least 4 members (excludes halogenated alkanes) is 2. The molecule has 0 fully saturated rings. The van der Waals surface area contributed by atoms with Crippen molar-refractivity contribution in [3.63, 3.8) is 0 Å². The number of nitrogens with zero attached hydrogens (tertiary/aromatic N) is 1. The molecule has 2 heteroatoms. The molecule has 1 rings (SSSR count). The van der Waals surface area contributed by atoms with E-state index in [9.17, 15) is 4.79 Å². The third-order valence-electron chi connectivity index (χ3n) is 2.73. The lowest BCUT2D eigenvalue weighted by atomic mass is 10.2. The maximum Gasteiger partial charge on any atom is 0.246 e. The van der Waals surface area contributed by atoms with Gasteiger partial charge in [0.25, 0.3) is 0 Å². The average molecular weight is 231 g/mol. The van der Waals surface area contributed by atoms with Crippen LogP contribution in [0.25, 0.3) is 0 Å². The first kappa shape index (κ1) is 13.5. The van der Waals surface area contributed by atoms with Crippen molar-refractivity contribution in [3.05, 3.63) is 48.6 Å². The van der Waals surface area contributed by atoms with Gasteiger partial charge < -0.3 is 4.90 Å². The maximum atomic E-state index is 11.7. The second-order valence-electron chi connectivity index (χ2n) is 4.16. The summed E-state index contributed by atoms with van der Waals surface area (Å²) in [5, 5.41) is 0. The van der Waals surface area contributed by atoms with Gasteiger partial charge in [0.2, 0.25) is 5.91 Å². The zero-order valence-electron chi connectivity index (χ0n) is 10.6. The Labute approximate surface area is 104 Å². The number of rotatable bonds is 7. The van der Waals surface area contributed by atoms with Gasteiger partial charge in [-0.2, -0.15) is 0 Å². The molecule has 0 bridgehead atoms. The normalized spacial score (nSPS) is 9.94. The highest BCUT2D eigenvalue weighted by molar-refractivity contribution is 5.86. The van der Waals surface area contributed by atoms with Crippen LogP contribution in [-0.4, -0.2) is 17.4 Å². The first-order valence-corrected chi connectivity index (χ1v) is 6.23. The second kappa shape index (κ2) is 7.66. The van der Waals surface area contributed by atoms with Crippen LogP contribution in [0.2, 0.25) is 0 Å². The molecule has 0 heterocycles. The number of hydrogen-bond acceptors (Lipinski definition) is 1. The summed E-state index contributed by atoms with van der Waals surface area (Å²) < 4.78 is 0. The van der Waals surface area contributed by atoms with Gasteiger partial charge >= 0.3 is 0 Å². The van der Waals surface area contributed by atoms with Gasteiger partial charge in [-0.15, -0.1) is 0 Å². The van der Waals surface area contributed by atoms with Crippen LogP contribution in [0.15, 0.2) is 43.0 Å². The number of carbonyl (C=O) groups is 1. The Morgan fingerprint density at radius 1 is 1.29 bits per heavy atom. The molecule has 2 nitrogen and oxygen atoms in total. The SMILES string of the molecule is C=CC(=O)N(CCCCC)Cc1ccccc1. The molecule has 1 aromatic carbocycles. The zero-order chi connectivity index (χ0) is 12.5. The highest BCUT2D eigenvalue weighted by Gasteiger charge is 2.09. The van der Waals surface area contributed by atoms with Crippen molar-refractivity contribution in [2.75, 3.05) is 6.54 Å². The Kier molecular flexibility index (Phi) is 6.08. The molecule has 0 saturated heterocycles. The predicted molar refractivity (Wildman–Crippen MR) is 71.6 cm³/mol. The molecule has 0 unspecified atom stereocenters. The van der Waals surface area contributed by atoms with Crippen LogP contribution in [-0.2, 0) is 11.3 Å². The summed E-state index contributed by atoms with van der Waals surface area (Å²) >= 11 is 0. The molecule has 1 aromatic rings. The van der Waals surface area contributed by atoms with Crippen LogP contribution < -0.4 is 0 Å². The fraction of sp³-hybridized carbons (Fsp3) is 0.400. The molecule has 1 amide bonds. The van der Waals surface area contributed by atoms with E-state index in [0.29, 0.717) is 6.54 Å².